The Morgan fingerprint density at radius 2 is 2.10 bits per heavy atom. The van der Waals surface area contributed by atoms with Crippen LogP contribution in [0.2, 0.25) is 0 Å². The molecule has 2 aromatic rings. The summed E-state index contributed by atoms with van der Waals surface area (Å²) in [4.78, 5) is 10.5. The van der Waals surface area contributed by atoms with Gasteiger partial charge in [-0.2, -0.15) is 0 Å². The molecular formula is C14H12BrFN2O3. The minimum Gasteiger partial charge on any atom is -0.496 e. The van der Waals surface area contributed by atoms with Gasteiger partial charge in [0.15, 0.2) is 0 Å². The van der Waals surface area contributed by atoms with Crippen LogP contribution >= 0.6 is 15.9 Å². The zero-order valence-corrected chi connectivity index (χ0v) is 12.7. The predicted molar refractivity (Wildman–Crippen MR) is 81.1 cm³/mol. The van der Waals surface area contributed by atoms with E-state index < -0.39 is 10.7 Å². The Kier molecular flexibility index (Phi) is 4.74. The van der Waals surface area contributed by atoms with E-state index in [9.17, 15) is 14.5 Å². The molecule has 0 heterocycles. The number of anilines is 1. The summed E-state index contributed by atoms with van der Waals surface area (Å²) in [5.74, 6) is 0.0911. The third-order valence-electron chi connectivity index (χ3n) is 2.90. The molecule has 0 aromatic heterocycles. The van der Waals surface area contributed by atoms with Crippen LogP contribution < -0.4 is 10.1 Å². The quantitative estimate of drug-likeness (QED) is 0.647. The Hall–Kier alpha value is -2.15. The lowest BCUT2D eigenvalue weighted by atomic mass is 10.2. The molecule has 2 aromatic carbocycles. The highest BCUT2D eigenvalue weighted by atomic mass is 79.9. The van der Waals surface area contributed by atoms with Crippen molar-refractivity contribution in [1.29, 1.82) is 0 Å². The minimum atomic E-state index is -0.567. The van der Waals surface area contributed by atoms with Crippen molar-refractivity contribution in [3.8, 4) is 5.75 Å². The fourth-order valence-electron chi connectivity index (χ4n) is 1.87. The number of nitro groups is 1. The predicted octanol–water partition coefficient (Wildman–Crippen LogP) is 4.12. The maximum absolute atomic E-state index is 13.6. The van der Waals surface area contributed by atoms with Gasteiger partial charge in [0.1, 0.15) is 17.3 Å². The smallest absolute Gasteiger partial charge is 0.293 e. The molecule has 0 amide bonds. The van der Waals surface area contributed by atoms with Crippen LogP contribution in [0.25, 0.3) is 0 Å². The van der Waals surface area contributed by atoms with E-state index >= 15 is 0 Å². The van der Waals surface area contributed by atoms with Crippen molar-refractivity contribution in [2.24, 2.45) is 0 Å². The number of para-hydroxylation sites is 1. The largest absolute Gasteiger partial charge is 0.496 e. The standard InChI is InChI=1S/C14H12BrFN2O3/c1-21-14-5-3-2-4-9(14)8-17-12-7-11(16)10(15)6-13(12)18(19)20/h2-7,17H,8H2,1H3. The van der Waals surface area contributed by atoms with Crippen LogP contribution in [0.1, 0.15) is 5.56 Å². The highest BCUT2D eigenvalue weighted by molar-refractivity contribution is 9.10. The molecule has 0 saturated carbocycles. The Bertz CT molecular complexity index is 679. The minimum absolute atomic E-state index is 0.0528. The van der Waals surface area contributed by atoms with Gasteiger partial charge in [-0.15, -0.1) is 0 Å². The van der Waals surface area contributed by atoms with Crippen molar-refractivity contribution in [3.05, 3.63) is 62.4 Å². The molecule has 0 aliphatic carbocycles. The first kappa shape index (κ1) is 15.2. The zero-order chi connectivity index (χ0) is 15.4. The molecule has 110 valence electrons. The molecule has 0 aliphatic rings. The summed E-state index contributed by atoms with van der Waals surface area (Å²) >= 11 is 2.94. The molecule has 2 rings (SSSR count). The lowest BCUT2D eigenvalue weighted by Gasteiger charge is -2.11. The van der Waals surface area contributed by atoms with Gasteiger partial charge in [0, 0.05) is 24.2 Å². The third-order valence-corrected chi connectivity index (χ3v) is 3.50. The van der Waals surface area contributed by atoms with E-state index in [1.807, 2.05) is 18.2 Å². The van der Waals surface area contributed by atoms with Gasteiger partial charge >= 0.3 is 0 Å². The number of halogens is 2. The van der Waals surface area contributed by atoms with Crippen LogP contribution in [-0.4, -0.2) is 12.0 Å². The summed E-state index contributed by atoms with van der Waals surface area (Å²) in [7, 11) is 1.54. The number of rotatable bonds is 5. The molecular weight excluding hydrogens is 343 g/mol. The zero-order valence-electron chi connectivity index (χ0n) is 11.1. The summed E-state index contributed by atoms with van der Waals surface area (Å²) in [5.41, 5.74) is 0.738. The molecule has 1 N–H and O–H groups in total. The second-order valence-electron chi connectivity index (χ2n) is 4.21. The van der Waals surface area contributed by atoms with Gasteiger partial charge in [-0.05, 0) is 22.0 Å². The first-order chi connectivity index (χ1) is 10.0. The Balaban J connectivity index is 2.27. The van der Waals surface area contributed by atoms with E-state index in [0.29, 0.717) is 5.75 Å². The van der Waals surface area contributed by atoms with E-state index in [-0.39, 0.29) is 22.4 Å². The van der Waals surface area contributed by atoms with Crippen LogP contribution in [0.5, 0.6) is 5.75 Å². The summed E-state index contributed by atoms with van der Waals surface area (Å²) in [6.45, 7) is 0.284. The second-order valence-corrected chi connectivity index (χ2v) is 5.06. The number of hydrogen-bond acceptors (Lipinski definition) is 4. The normalized spacial score (nSPS) is 10.2. The molecule has 0 radical (unpaired) electrons. The highest BCUT2D eigenvalue weighted by Gasteiger charge is 2.17. The van der Waals surface area contributed by atoms with Gasteiger partial charge in [0.2, 0.25) is 0 Å². The summed E-state index contributed by atoms with van der Waals surface area (Å²) < 4.78 is 18.8. The van der Waals surface area contributed by atoms with E-state index in [2.05, 4.69) is 21.2 Å². The van der Waals surface area contributed by atoms with E-state index in [0.717, 1.165) is 17.7 Å². The van der Waals surface area contributed by atoms with Crippen molar-refractivity contribution in [2.75, 3.05) is 12.4 Å². The van der Waals surface area contributed by atoms with Crippen molar-refractivity contribution in [1.82, 2.24) is 0 Å². The molecule has 0 saturated heterocycles. The SMILES string of the molecule is COc1ccccc1CNc1cc(F)c(Br)cc1[N+](=O)[O-]. The Morgan fingerprint density at radius 1 is 1.38 bits per heavy atom. The molecule has 0 bridgehead atoms. The summed E-state index contributed by atoms with van der Waals surface area (Å²) in [5, 5.41) is 13.9. The van der Waals surface area contributed by atoms with Crippen LogP contribution in [0.3, 0.4) is 0 Å². The average Bonchev–Trinajstić information content (AvgIpc) is 2.48. The molecule has 0 fully saturated rings. The lowest BCUT2D eigenvalue weighted by Crippen LogP contribution is -2.04. The number of hydrogen-bond donors (Lipinski definition) is 1. The van der Waals surface area contributed by atoms with Crippen LogP contribution in [0.15, 0.2) is 40.9 Å². The van der Waals surface area contributed by atoms with E-state index in [1.54, 1.807) is 13.2 Å². The molecule has 21 heavy (non-hydrogen) atoms. The maximum atomic E-state index is 13.6. The fourth-order valence-corrected chi connectivity index (χ4v) is 2.20. The van der Waals surface area contributed by atoms with Gasteiger partial charge in [0.25, 0.3) is 5.69 Å². The highest BCUT2D eigenvalue weighted by Crippen LogP contribution is 2.31. The van der Waals surface area contributed by atoms with Gasteiger partial charge in [-0.25, -0.2) is 4.39 Å². The van der Waals surface area contributed by atoms with Crippen LogP contribution in [0.4, 0.5) is 15.8 Å². The second kappa shape index (κ2) is 6.53. The van der Waals surface area contributed by atoms with Crippen LogP contribution in [0, 0.1) is 15.9 Å². The number of benzene rings is 2. The molecule has 7 heteroatoms. The summed E-state index contributed by atoms with van der Waals surface area (Å²) in [6, 6.07) is 9.50. The molecule has 0 unspecified atom stereocenters. The number of methoxy groups -OCH3 is 1. The van der Waals surface area contributed by atoms with Gasteiger partial charge in [-0.3, -0.25) is 10.1 Å². The first-order valence-electron chi connectivity index (χ1n) is 6.02. The molecule has 0 atom stereocenters. The Morgan fingerprint density at radius 3 is 2.76 bits per heavy atom. The number of nitro benzene ring substituents is 1. The first-order valence-corrected chi connectivity index (χ1v) is 6.81. The number of nitrogens with zero attached hydrogens (tertiary/aromatic N) is 1. The average molecular weight is 355 g/mol. The fraction of sp³-hybridized carbons (Fsp3) is 0.143. The van der Waals surface area contributed by atoms with Gasteiger partial charge in [0.05, 0.1) is 16.5 Å². The van der Waals surface area contributed by atoms with Gasteiger partial charge < -0.3 is 10.1 Å². The molecule has 0 aliphatic heterocycles. The molecule has 0 spiro atoms. The van der Waals surface area contributed by atoms with Crippen molar-refractivity contribution in [2.45, 2.75) is 6.54 Å². The number of ether oxygens (including phenoxy) is 1. The number of nitrogens with one attached hydrogen (secondary N) is 1. The van der Waals surface area contributed by atoms with Gasteiger partial charge in [-0.1, -0.05) is 18.2 Å². The van der Waals surface area contributed by atoms with E-state index in [1.165, 1.54) is 0 Å². The van der Waals surface area contributed by atoms with Crippen molar-refractivity contribution in [3.63, 3.8) is 0 Å². The van der Waals surface area contributed by atoms with Crippen molar-refractivity contribution < 1.29 is 14.1 Å². The topological polar surface area (TPSA) is 64.4 Å². The lowest BCUT2D eigenvalue weighted by molar-refractivity contribution is -0.384. The summed E-state index contributed by atoms with van der Waals surface area (Å²) in [6.07, 6.45) is 0. The monoisotopic (exact) mass is 354 g/mol. The maximum Gasteiger partial charge on any atom is 0.293 e. The molecule has 5 nitrogen and oxygen atoms in total. The van der Waals surface area contributed by atoms with E-state index in [4.69, 9.17) is 4.74 Å². The van der Waals surface area contributed by atoms with Crippen LogP contribution in [-0.2, 0) is 6.54 Å². The third kappa shape index (κ3) is 3.49. The Labute approximate surface area is 129 Å². The van der Waals surface area contributed by atoms with Crippen molar-refractivity contribution >= 4 is 27.3 Å².